The Morgan fingerprint density at radius 1 is 0.931 bits per heavy atom. The third kappa shape index (κ3) is 4.49. The first-order chi connectivity index (χ1) is 14.2. The molecule has 2 aromatic rings. The molecule has 0 aliphatic heterocycles. The Hall–Kier alpha value is -1.90. The van der Waals surface area contributed by atoms with E-state index >= 15 is 0 Å². The number of fused-ring (bicyclic) bond motifs is 3. The van der Waals surface area contributed by atoms with Crippen molar-refractivity contribution in [2.24, 2.45) is 0 Å². The van der Waals surface area contributed by atoms with Crippen LogP contribution < -0.4 is 0 Å². The van der Waals surface area contributed by atoms with Gasteiger partial charge in [0.2, 0.25) is 0 Å². The molecule has 2 nitrogen and oxygen atoms in total. The number of benzene rings is 2. The van der Waals surface area contributed by atoms with Gasteiger partial charge in [-0.05, 0) is 46.7 Å². The lowest BCUT2D eigenvalue weighted by molar-refractivity contribution is -0.187. The standard InChI is InChI=1S/C27H36O2/c1-5-7-8-9-10-11-19-26(27(6-2,28-3)29-4)24-18-14-17-23-22-16-13-12-15-21(22)20-25(23)24/h6,12-18,26H,2,5,7-11,19-20H2,1,3-4H3. The molecule has 29 heavy (non-hydrogen) atoms. The van der Waals surface area contributed by atoms with E-state index < -0.39 is 5.79 Å². The number of rotatable bonds is 12. The van der Waals surface area contributed by atoms with Gasteiger partial charge in [-0.2, -0.15) is 0 Å². The largest absolute Gasteiger partial charge is 0.349 e. The third-order valence-electron chi connectivity index (χ3n) is 6.52. The van der Waals surface area contributed by atoms with Crippen molar-refractivity contribution in [1.82, 2.24) is 0 Å². The Morgan fingerprint density at radius 2 is 1.62 bits per heavy atom. The molecule has 1 unspecified atom stereocenters. The summed E-state index contributed by atoms with van der Waals surface area (Å²) in [7, 11) is 3.47. The van der Waals surface area contributed by atoms with Crippen LogP contribution in [0.4, 0.5) is 0 Å². The van der Waals surface area contributed by atoms with E-state index in [0.29, 0.717) is 0 Å². The number of ether oxygens (including phenoxy) is 2. The Bertz CT molecular complexity index is 804. The van der Waals surface area contributed by atoms with Crippen LogP contribution in [0.15, 0.2) is 55.1 Å². The van der Waals surface area contributed by atoms with Crippen LogP contribution in [-0.4, -0.2) is 20.0 Å². The zero-order valence-electron chi connectivity index (χ0n) is 18.4. The highest BCUT2D eigenvalue weighted by Crippen LogP contribution is 2.45. The monoisotopic (exact) mass is 392 g/mol. The lowest BCUT2D eigenvalue weighted by Crippen LogP contribution is -2.39. The average Bonchev–Trinajstić information content (AvgIpc) is 3.15. The average molecular weight is 393 g/mol. The zero-order chi connectivity index (χ0) is 20.7. The van der Waals surface area contributed by atoms with Crippen molar-refractivity contribution in [3.63, 3.8) is 0 Å². The van der Waals surface area contributed by atoms with Crippen LogP contribution in [0.5, 0.6) is 0 Å². The molecule has 156 valence electrons. The maximum atomic E-state index is 5.95. The van der Waals surface area contributed by atoms with Gasteiger partial charge < -0.3 is 9.47 Å². The quantitative estimate of drug-likeness (QED) is 0.183. The number of methoxy groups -OCH3 is 2. The van der Waals surface area contributed by atoms with E-state index in [1.807, 2.05) is 6.08 Å². The highest BCUT2D eigenvalue weighted by atomic mass is 16.7. The van der Waals surface area contributed by atoms with Crippen molar-refractivity contribution >= 4 is 0 Å². The third-order valence-corrected chi connectivity index (χ3v) is 6.52. The van der Waals surface area contributed by atoms with Crippen LogP contribution in [-0.2, 0) is 15.9 Å². The van der Waals surface area contributed by atoms with Crippen molar-refractivity contribution < 1.29 is 9.47 Å². The first-order valence-electron chi connectivity index (χ1n) is 11.1. The van der Waals surface area contributed by atoms with Crippen LogP contribution >= 0.6 is 0 Å². The van der Waals surface area contributed by atoms with Crippen molar-refractivity contribution in [1.29, 1.82) is 0 Å². The van der Waals surface area contributed by atoms with Gasteiger partial charge in [0.05, 0.1) is 0 Å². The Morgan fingerprint density at radius 3 is 2.34 bits per heavy atom. The fourth-order valence-electron chi connectivity index (χ4n) is 4.89. The molecule has 0 fully saturated rings. The molecule has 0 aromatic heterocycles. The summed E-state index contributed by atoms with van der Waals surface area (Å²) < 4.78 is 11.9. The molecule has 0 saturated carbocycles. The van der Waals surface area contributed by atoms with Gasteiger partial charge in [0, 0.05) is 20.1 Å². The molecule has 0 radical (unpaired) electrons. The minimum absolute atomic E-state index is 0.130. The zero-order valence-corrected chi connectivity index (χ0v) is 18.4. The highest BCUT2D eigenvalue weighted by Gasteiger charge is 2.39. The van der Waals surface area contributed by atoms with Gasteiger partial charge >= 0.3 is 0 Å². The number of unbranched alkanes of at least 4 members (excludes halogenated alkanes) is 5. The minimum Gasteiger partial charge on any atom is -0.349 e. The predicted octanol–water partition coefficient (Wildman–Crippen LogP) is 7.27. The smallest absolute Gasteiger partial charge is 0.193 e. The Kier molecular flexibility index (Phi) is 7.69. The molecule has 2 heteroatoms. The molecule has 0 spiro atoms. The van der Waals surface area contributed by atoms with E-state index in [-0.39, 0.29) is 5.92 Å². The van der Waals surface area contributed by atoms with Gasteiger partial charge in [-0.25, -0.2) is 0 Å². The molecule has 1 aliphatic rings. The maximum Gasteiger partial charge on any atom is 0.193 e. The van der Waals surface area contributed by atoms with Gasteiger partial charge in [-0.15, -0.1) is 0 Å². The normalized spacial score (nSPS) is 13.8. The maximum absolute atomic E-state index is 5.95. The molecule has 0 heterocycles. The number of hydrogen-bond acceptors (Lipinski definition) is 2. The van der Waals surface area contributed by atoms with E-state index in [9.17, 15) is 0 Å². The topological polar surface area (TPSA) is 18.5 Å². The lowest BCUT2D eigenvalue weighted by atomic mass is 9.81. The molecular weight excluding hydrogens is 356 g/mol. The summed E-state index contributed by atoms with van der Waals surface area (Å²) >= 11 is 0. The second kappa shape index (κ2) is 10.2. The summed E-state index contributed by atoms with van der Waals surface area (Å²) in [5.41, 5.74) is 6.89. The summed E-state index contributed by atoms with van der Waals surface area (Å²) in [4.78, 5) is 0. The van der Waals surface area contributed by atoms with E-state index in [1.54, 1.807) is 14.2 Å². The molecule has 0 amide bonds. The molecule has 2 aromatic carbocycles. The van der Waals surface area contributed by atoms with Crippen LogP contribution in [0.25, 0.3) is 11.1 Å². The van der Waals surface area contributed by atoms with E-state index in [0.717, 1.165) is 12.8 Å². The molecule has 1 aliphatic carbocycles. The fourth-order valence-corrected chi connectivity index (χ4v) is 4.89. The SMILES string of the molecule is C=CC(OC)(OC)C(CCCCCCCC)c1cccc2c1Cc1ccccc1-2. The molecule has 0 bridgehead atoms. The van der Waals surface area contributed by atoms with Gasteiger partial charge in [-0.1, -0.05) is 94.5 Å². The van der Waals surface area contributed by atoms with Crippen molar-refractivity contribution in [3.05, 3.63) is 71.8 Å². The van der Waals surface area contributed by atoms with Gasteiger partial charge in [0.15, 0.2) is 5.79 Å². The van der Waals surface area contributed by atoms with E-state index in [4.69, 9.17) is 9.47 Å². The molecule has 0 N–H and O–H groups in total. The van der Waals surface area contributed by atoms with Crippen LogP contribution in [0.1, 0.15) is 74.5 Å². The predicted molar refractivity (Wildman–Crippen MR) is 122 cm³/mol. The summed E-state index contributed by atoms with van der Waals surface area (Å²) in [6, 6.07) is 15.5. The molecular formula is C27H36O2. The molecule has 3 rings (SSSR count). The first kappa shape index (κ1) is 21.8. The second-order valence-corrected chi connectivity index (χ2v) is 8.15. The van der Waals surface area contributed by atoms with Crippen molar-refractivity contribution in [2.45, 2.75) is 70.0 Å². The van der Waals surface area contributed by atoms with E-state index in [2.05, 4.69) is 56.0 Å². The second-order valence-electron chi connectivity index (χ2n) is 8.15. The minimum atomic E-state index is -0.798. The Balaban J connectivity index is 1.90. The first-order valence-corrected chi connectivity index (χ1v) is 11.1. The summed E-state index contributed by atoms with van der Waals surface area (Å²) in [5, 5.41) is 0. The molecule has 0 saturated heterocycles. The summed E-state index contributed by atoms with van der Waals surface area (Å²) in [6.07, 6.45) is 11.5. The lowest BCUT2D eigenvalue weighted by Gasteiger charge is -2.37. The van der Waals surface area contributed by atoms with E-state index in [1.165, 1.54) is 66.3 Å². The summed E-state index contributed by atoms with van der Waals surface area (Å²) in [6.45, 7) is 6.34. The van der Waals surface area contributed by atoms with Gasteiger partial charge in [0.25, 0.3) is 0 Å². The van der Waals surface area contributed by atoms with Crippen molar-refractivity contribution in [2.75, 3.05) is 14.2 Å². The van der Waals surface area contributed by atoms with Gasteiger partial charge in [-0.3, -0.25) is 0 Å². The van der Waals surface area contributed by atoms with Crippen LogP contribution in [0.2, 0.25) is 0 Å². The van der Waals surface area contributed by atoms with Gasteiger partial charge in [0.1, 0.15) is 0 Å². The fraction of sp³-hybridized carbons (Fsp3) is 0.481. The van der Waals surface area contributed by atoms with Crippen LogP contribution in [0, 0.1) is 0 Å². The van der Waals surface area contributed by atoms with Crippen molar-refractivity contribution in [3.8, 4) is 11.1 Å². The van der Waals surface area contributed by atoms with Crippen LogP contribution in [0.3, 0.4) is 0 Å². The molecule has 1 atom stereocenters. The highest BCUT2D eigenvalue weighted by molar-refractivity contribution is 5.78. The Labute approximate surface area is 176 Å². The number of hydrogen-bond donors (Lipinski definition) is 0. The summed E-state index contributed by atoms with van der Waals surface area (Å²) in [5.74, 6) is -0.668.